The Kier molecular flexibility index (Phi) is 2.70. The lowest BCUT2D eigenvalue weighted by atomic mass is 10.1. The monoisotopic (exact) mass is 281 g/mol. The highest BCUT2D eigenvalue weighted by Crippen LogP contribution is 2.39. The van der Waals surface area contributed by atoms with Gasteiger partial charge in [0.15, 0.2) is 0 Å². The Morgan fingerprint density at radius 2 is 1.90 bits per heavy atom. The van der Waals surface area contributed by atoms with Crippen LogP contribution in [0.15, 0.2) is 35.7 Å². The first-order valence-electron chi connectivity index (χ1n) is 6.89. The van der Waals surface area contributed by atoms with Crippen LogP contribution in [0.3, 0.4) is 0 Å². The van der Waals surface area contributed by atoms with Gasteiger partial charge in [-0.25, -0.2) is 9.97 Å². The second kappa shape index (κ2) is 4.56. The van der Waals surface area contributed by atoms with Gasteiger partial charge in [0.05, 0.1) is 5.39 Å². The Bertz CT molecular complexity index is 760. The minimum Gasteiger partial charge on any atom is -0.356 e. The lowest BCUT2D eigenvalue weighted by Crippen LogP contribution is -2.37. The van der Waals surface area contributed by atoms with Gasteiger partial charge in [-0.05, 0) is 18.9 Å². The maximum absolute atomic E-state index is 4.70. The van der Waals surface area contributed by atoms with Crippen molar-refractivity contribution in [2.24, 2.45) is 0 Å². The van der Waals surface area contributed by atoms with Crippen molar-refractivity contribution in [3.8, 4) is 11.1 Å². The van der Waals surface area contributed by atoms with E-state index in [1.165, 1.54) is 22.9 Å². The van der Waals surface area contributed by atoms with E-state index in [2.05, 4.69) is 45.6 Å². The number of hydrogen-bond donors (Lipinski definition) is 0. The van der Waals surface area contributed by atoms with E-state index >= 15 is 0 Å². The molecule has 3 nitrogen and oxygen atoms in total. The molecule has 0 spiro atoms. The van der Waals surface area contributed by atoms with Crippen molar-refractivity contribution in [2.75, 3.05) is 18.0 Å². The second-order valence-corrected chi connectivity index (χ2v) is 5.99. The molecule has 0 amide bonds. The van der Waals surface area contributed by atoms with Crippen LogP contribution in [0.25, 0.3) is 21.3 Å². The molecule has 20 heavy (non-hydrogen) atoms. The van der Waals surface area contributed by atoms with Crippen molar-refractivity contribution < 1.29 is 0 Å². The molecule has 4 heteroatoms. The first kappa shape index (κ1) is 11.9. The second-order valence-electron chi connectivity index (χ2n) is 5.13. The fourth-order valence-corrected chi connectivity index (χ4v) is 3.60. The normalized spacial score (nSPS) is 14.6. The number of anilines is 1. The summed E-state index contributed by atoms with van der Waals surface area (Å²) in [5, 5.41) is 3.42. The van der Waals surface area contributed by atoms with Gasteiger partial charge in [-0.15, -0.1) is 11.3 Å². The molecule has 1 saturated heterocycles. The average Bonchev–Trinajstić information content (AvgIpc) is 2.81. The maximum Gasteiger partial charge on any atom is 0.141 e. The molecule has 1 aromatic carbocycles. The van der Waals surface area contributed by atoms with E-state index in [0.29, 0.717) is 0 Å². The minimum atomic E-state index is 0.862. The van der Waals surface area contributed by atoms with E-state index in [4.69, 9.17) is 4.98 Å². The molecule has 0 N–H and O–H groups in total. The van der Waals surface area contributed by atoms with Gasteiger partial charge >= 0.3 is 0 Å². The third-order valence-corrected chi connectivity index (χ3v) is 4.64. The Balaban J connectivity index is 1.98. The summed E-state index contributed by atoms with van der Waals surface area (Å²) in [6, 6.07) is 10.5. The van der Waals surface area contributed by atoms with E-state index in [9.17, 15) is 0 Å². The van der Waals surface area contributed by atoms with Crippen LogP contribution in [0.5, 0.6) is 0 Å². The smallest absolute Gasteiger partial charge is 0.141 e. The molecule has 100 valence electrons. The Morgan fingerprint density at radius 3 is 2.60 bits per heavy atom. The van der Waals surface area contributed by atoms with Crippen LogP contribution < -0.4 is 4.90 Å². The van der Waals surface area contributed by atoms with Gasteiger partial charge in [-0.3, -0.25) is 0 Å². The Morgan fingerprint density at radius 1 is 1.10 bits per heavy atom. The lowest BCUT2D eigenvalue weighted by molar-refractivity contribution is 0.611. The summed E-state index contributed by atoms with van der Waals surface area (Å²) in [7, 11) is 0. The van der Waals surface area contributed by atoms with Crippen molar-refractivity contribution in [1.29, 1.82) is 0 Å². The Labute approximate surface area is 121 Å². The molecule has 0 atom stereocenters. The van der Waals surface area contributed by atoms with Gasteiger partial charge in [-0.2, -0.15) is 0 Å². The molecule has 3 aromatic rings. The van der Waals surface area contributed by atoms with E-state index in [-0.39, 0.29) is 0 Å². The van der Waals surface area contributed by atoms with Crippen LogP contribution in [-0.2, 0) is 0 Å². The highest BCUT2D eigenvalue weighted by Gasteiger charge is 2.22. The Hall–Kier alpha value is -1.94. The van der Waals surface area contributed by atoms with E-state index < -0.39 is 0 Å². The topological polar surface area (TPSA) is 29.0 Å². The fraction of sp³-hybridized carbons (Fsp3) is 0.250. The number of fused-ring (bicyclic) bond motifs is 1. The SMILES string of the molecule is Cc1nc(N2CCC2)c2c(-c3ccccc3)csc2n1. The summed E-state index contributed by atoms with van der Waals surface area (Å²) >= 11 is 1.71. The van der Waals surface area contributed by atoms with Crippen LogP contribution in [0, 0.1) is 6.92 Å². The van der Waals surface area contributed by atoms with Crippen LogP contribution in [0.1, 0.15) is 12.2 Å². The van der Waals surface area contributed by atoms with Crippen molar-refractivity contribution in [1.82, 2.24) is 9.97 Å². The average molecular weight is 281 g/mol. The fourth-order valence-electron chi connectivity index (χ4n) is 2.61. The molecule has 0 saturated carbocycles. The predicted octanol–water partition coefficient (Wildman–Crippen LogP) is 3.88. The standard InChI is InChI=1S/C16H15N3S/c1-11-17-15(19-8-5-9-19)14-13(10-20-16(14)18-11)12-6-3-2-4-7-12/h2-4,6-7,10H,5,8-9H2,1H3. The van der Waals surface area contributed by atoms with E-state index in [1.54, 1.807) is 11.3 Å². The first-order chi connectivity index (χ1) is 9.83. The summed E-state index contributed by atoms with van der Waals surface area (Å²) in [6.07, 6.45) is 1.26. The maximum atomic E-state index is 4.70. The van der Waals surface area contributed by atoms with E-state index in [0.717, 1.165) is 29.6 Å². The molecular weight excluding hydrogens is 266 g/mol. The van der Waals surface area contributed by atoms with Crippen molar-refractivity contribution in [2.45, 2.75) is 13.3 Å². The predicted molar refractivity (Wildman–Crippen MR) is 84.4 cm³/mol. The summed E-state index contributed by atoms with van der Waals surface area (Å²) in [4.78, 5) is 12.8. The van der Waals surface area contributed by atoms with Crippen molar-refractivity contribution >= 4 is 27.4 Å². The molecule has 4 rings (SSSR count). The number of rotatable bonds is 2. The minimum absolute atomic E-state index is 0.862. The number of hydrogen-bond acceptors (Lipinski definition) is 4. The van der Waals surface area contributed by atoms with Gasteiger partial charge in [0.2, 0.25) is 0 Å². The number of nitrogens with zero attached hydrogens (tertiary/aromatic N) is 3. The number of aryl methyl sites for hydroxylation is 1. The van der Waals surface area contributed by atoms with Crippen LogP contribution in [-0.4, -0.2) is 23.1 Å². The molecule has 3 heterocycles. The van der Waals surface area contributed by atoms with Crippen molar-refractivity contribution in [3.63, 3.8) is 0 Å². The van der Waals surface area contributed by atoms with Gasteiger partial charge < -0.3 is 4.90 Å². The van der Waals surface area contributed by atoms with Crippen molar-refractivity contribution in [3.05, 3.63) is 41.5 Å². The van der Waals surface area contributed by atoms with Gasteiger partial charge in [-0.1, -0.05) is 30.3 Å². The zero-order valence-electron chi connectivity index (χ0n) is 11.3. The summed E-state index contributed by atoms with van der Waals surface area (Å²) in [6.45, 7) is 4.19. The largest absolute Gasteiger partial charge is 0.356 e. The third kappa shape index (κ3) is 1.79. The molecule has 1 aliphatic heterocycles. The highest BCUT2D eigenvalue weighted by molar-refractivity contribution is 7.17. The summed E-state index contributed by atoms with van der Waals surface area (Å²) < 4.78 is 0. The van der Waals surface area contributed by atoms with Crippen LogP contribution >= 0.6 is 11.3 Å². The molecular formula is C16H15N3S. The molecule has 2 aromatic heterocycles. The van der Waals surface area contributed by atoms with Crippen LogP contribution in [0.4, 0.5) is 5.82 Å². The number of benzene rings is 1. The lowest BCUT2D eigenvalue weighted by Gasteiger charge is -2.32. The zero-order chi connectivity index (χ0) is 13.5. The first-order valence-corrected chi connectivity index (χ1v) is 7.77. The summed E-state index contributed by atoms with van der Waals surface area (Å²) in [5.74, 6) is 1.97. The van der Waals surface area contributed by atoms with Crippen LogP contribution in [0.2, 0.25) is 0 Å². The number of aromatic nitrogens is 2. The summed E-state index contributed by atoms with van der Waals surface area (Å²) in [5.41, 5.74) is 2.50. The third-order valence-electron chi connectivity index (χ3n) is 3.77. The van der Waals surface area contributed by atoms with E-state index in [1.807, 2.05) is 6.92 Å². The molecule has 1 aliphatic rings. The molecule has 0 aliphatic carbocycles. The molecule has 0 unspecified atom stereocenters. The van der Waals surface area contributed by atoms with Gasteiger partial charge in [0, 0.05) is 24.0 Å². The number of thiophene rings is 1. The van der Waals surface area contributed by atoms with Gasteiger partial charge in [0.25, 0.3) is 0 Å². The molecule has 1 fully saturated rings. The van der Waals surface area contributed by atoms with Gasteiger partial charge in [0.1, 0.15) is 16.5 Å². The molecule has 0 radical (unpaired) electrons. The quantitative estimate of drug-likeness (QED) is 0.714. The highest BCUT2D eigenvalue weighted by atomic mass is 32.1. The molecule has 0 bridgehead atoms. The zero-order valence-corrected chi connectivity index (χ0v) is 12.2.